The van der Waals surface area contributed by atoms with Crippen molar-refractivity contribution in [2.24, 2.45) is 34.5 Å². The third-order valence-electron chi connectivity index (χ3n) is 12.9. The molecule has 0 radical (unpaired) electrons. The second-order valence-corrected chi connectivity index (χ2v) is 17.0. The molecular weight excluding hydrogens is 614 g/mol. The Balaban J connectivity index is 0.000000150. The van der Waals surface area contributed by atoms with Gasteiger partial charge in [0.25, 0.3) is 15.9 Å². The van der Waals surface area contributed by atoms with E-state index in [1.807, 2.05) is 0 Å². The van der Waals surface area contributed by atoms with Gasteiger partial charge in [-0.25, -0.2) is 13.4 Å². The van der Waals surface area contributed by atoms with Gasteiger partial charge in [0, 0.05) is 24.5 Å². The molecule has 0 saturated heterocycles. The molecule has 1 aromatic carbocycles. The minimum atomic E-state index is -3.91. The Morgan fingerprint density at radius 3 is 2.53 bits per heavy atom. The smallest absolute Gasteiger partial charge is 0.277 e. The van der Waals surface area contributed by atoms with Crippen molar-refractivity contribution >= 4 is 27.5 Å². The topological polar surface area (TPSA) is 149 Å². The van der Waals surface area contributed by atoms with Crippen LogP contribution in [0.1, 0.15) is 76.1 Å². The Labute approximate surface area is 276 Å². The lowest BCUT2D eigenvalue weighted by atomic mass is 9.44. The summed E-state index contributed by atoms with van der Waals surface area (Å²) in [6.07, 6.45) is 13.5. The number of hydrogen-bond acceptors (Lipinski definition) is 7. The first-order valence-corrected chi connectivity index (χ1v) is 18.2. The van der Waals surface area contributed by atoms with E-state index in [1.54, 1.807) is 30.3 Å². The average Bonchev–Trinajstić information content (AvgIpc) is 3.59. The number of aromatic amines is 1. The van der Waals surface area contributed by atoms with E-state index in [2.05, 4.69) is 47.5 Å². The van der Waals surface area contributed by atoms with Gasteiger partial charge in [-0.3, -0.25) is 14.2 Å². The predicted molar refractivity (Wildman–Crippen MR) is 178 cm³/mol. The van der Waals surface area contributed by atoms with Gasteiger partial charge in [-0.2, -0.15) is 5.10 Å². The van der Waals surface area contributed by atoms with Crippen LogP contribution in [0, 0.1) is 34.5 Å². The largest absolute Gasteiger partial charge is 0.505 e. The fourth-order valence-electron chi connectivity index (χ4n) is 10.0. The summed E-state index contributed by atoms with van der Waals surface area (Å²) >= 11 is 0. The number of likely N-dealkylation sites (N-methyl/N-ethyl adjacent to an activating group) is 1. The highest BCUT2D eigenvalue weighted by Crippen LogP contribution is 2.67. The number of carbonyl (C=O) groups is 1. The quantitative estimate of drug-likeness (QED) is 0.276. The number of rotatable bonds is 2. The standard InChI is InChI=1S/C21H32N2O.C15H13N3O4S/c1-19-11-13-12-22-23-18(13)10-14(19)4-5-15-16(19)6-8-20(2)17(15)7-9-21(20,3)24;1-18-13(15(20)17-12-8-4-5-9-16-12)14(19)10-6-2-3-7-11(10)23(18,21)22/h12,14-17,24H,4-11H2,1-3H3,(H,22,23);2-9,19H,1H3,(H,16,17,20)/t14-,15+,16-,17-,19-,20-,21-;/m0./s1. The van der Waals surface area contributed by atoms with Crippen molar-refractivity contribution in [2.75, 3.05) is 12.4 Å². The number of nitrogens with zero attached hydrogens (tertiary/aromatic N) is 3. The molecule has 7 atom stereocenters. The van der Waals surface area contributed by atoms with Crippen molar-refractivity contribution in [3.8, 4) is 0 Å². The van der Waals surface area contributed by atoms with Gasteiger partial charge in [0.15, 0.2) is 11.5 Å². The number of aromatic nitrogens is 3. The summed E-state index contributed by atoms with van der Waals surface area (Å²) in [6.45, 7) is 7.09. The Bertz CT molecular complexity index is 1840. The number of carbonyl (C=O) groups excluding carboxylic acids is 1. The van der Waals surface area contributed by atoms with E-state index in [9.17, 15) is 23.4 Å². The number of sulfonamides is 1. The van der Waals surface area contributed by atoms with Gasteiger partial charge in [0.2, 0.25) is 0 Å². The van der Waals surface area contributed by atoms with Crippen LogP contribution in [0.4, 0.5) is 5.82 Å². The zero-order valence-corrected chi connectivity index (χ0v) is 28.3. The number of amides is 1. The molecule has 2 aromatic heterocycles. The van der Waals surface area contributed by atoms with Crippen LogP contribution in [-0.2, 0) is 27.7 Å². The molecule has 3 fully saturated rings. The van der Waals surface area contributed by atoms with Gasteiger partial charge in [0.1, 0.15) is 5.82 Å². The molecule has 1 aliphatic heterocycles. The molecule has 3 aromatic rings. The number of benzene rings is 1. The molecule has 11 heteroatoms. The molecule has 0 unspecified atom stereocenters. The number of pyridine rings is 1. The van der Waals surface area contributed by atoms with Gasteiger partial charge in [-0.1, -0.05) is 32.0 Å². The molecule has 5 aliphatic rings. The van der Waals surface area contributed by atoms with Crippen molar-refractivity contribution in [1.29, 1.82) is 0 Å². The van der Waals surface area contributed by atoms with Crippen LogP contribution in [0.25, 0.3) is 5.76 Å². The van der Waals surface area contributed by atoms with E-state index in [0.29, 0.717) is 5.41 Å². The first kappa shape index (κ1) is 31.9. The van der Waals surface area contributed by atoms with Gasteiger partial charge in [-0.15, -0.1) is 0 Å². The maximum absolute atomic E-state index is 12.5. The third-order valence-corrected chi connectivity index (χ3v) is 14.7. The summed E-state index contributed by atoms with van der Waals surface area (Å²) in [6, 6.07) is 10.9. The Kier molecular flexibility index (Phi) is 7.59. The van der Waals surface area contributed by atoms with Gasteiger partial charge in [-0.05, 0) is 123 Å². The van der Waals surface area contributed by atoms with Gasteiger partial charge < -0.3 is 15.5 Å². The molecule has 8 rings (SSSR count). The van der Waals surface area contributed by atoms with Crippen molar-refractivity contribution in [2.45, 2.75) is 82.6 Å². The molecule has 0 spiro atoms. The van der Waals surface area contributed by atoms with E-state index < -0.39 is 27.3 Å². The molecule has 3 saturated carbocycles. The van der Waals surface area contributed by atoms with Crippen LogP contribution >= 0.6 is 0 Å². The van der Waals surface area contributed by atoms with Crippen LogP contribution < -0.4 is 5.32 Å². The zero-order valence-electron chi connectivity index (χ0n) is 27.5. The maximum Gasteiger partial charge on any atom is 0.277 e. The van der Waals surface area contributed by atoms with Crippen molar-refractivity contribution in [1.82, 2.24) is 19.5 Å². The molecule has 47 heavy (non-hydrogen) atoms. The molecule has 0 bridgehead atoms. The number of hydrogen-bond donors (Lipinski definition) is 4. The van der Waals surface area contributed by atoms with E-state index in [1.165, 1.54) is 81.6 Å². The zero-order chi connectivity index (χ0) is 33.4. The highest BCUT2D eigenvalue weighted by atomic mass is 32.2. The molecule has 10 nitrogen and oxygen atoms in total. The van der Waals surface area contributed by atoms with E-state index in [0.717, 1.165) is 34.4 Å². The SMILES string of the molecule is CN1C(C(=O)Nc2ccccn2)=C(O)c2ccccc2S1(=O)=O.C[C@]12Cc3cn[nH]c3C[C@@H]1CC[C@@H]1[C@@H]2CC[C@@]2(C)[C@H]1CC[C@]2(C)O. The van der Waals surface area contributed by atoms with Gasteiger partial charge in [0.05, 0.1) is 16.7 Å². The molecular formula is C36H45N5O5S. The number of aliphatic hydroxyl groups excluding tert-OH is 1. The number of anilines is 1. The van der Waals surface area contributed by atoms with Crippen molar-refractivity contribution < 1.29 is 23.4 Å². The van der Waals surface area contributed by atoms with E-state index >= 15 is 0 Å². The summed E-state index contributed by atoms with van der Waals surface area (Å²) in [5, 5.41) is 31.4. The van der Waals surface area contributed by atoms with Crippen molar-refractivity contribution in [3.63, 3.8) is 0 Å². The minimum absolute atomic E-state index is 0.0469. The minimum Gasteiger partial charge on any atom is -0.505 e. The van der Waals surface area contributed by atoms with E-state index in [4.69, 9.17) is 0 Å². The Hall–Kier alpha value is -3.70. The van der Waals surface area contributed by atoms with Crippen LogP contribution in [-0.4, -0.2) is 56.7 Å². The first-order valence-electron chi connectivity index (χ1n) is 16.8. The van der Waals surface area contributed by atoms with Crippen LogP contribution in [0.2, 0.25) is 0 Å². The number of aliphatic hydroxyl groups is 2. The summed E-state index contributed by atoms with van der Waals surface area (Å²) < 4.78 is 25.8. The predicted octanol–water partition coefficient (Wildman–Crippen LogP) is 5.70. The lowest BCUT2D eigenvalue weighted by Gasteiger charge is -2.60. The Morgan fingerprint density at radius 1 is 1.02 bits per heavy atom. The lowest BCUT2D eigenvalue weighted by molar-refractivity contribution is -0.139. The Morgan fingerprint density at radius 2 is 1.77 bits per heavy atom. The number of nitrogens with one attached hydrogen (secondary N) is 2. The summed E-state index contributed by atoms with van der Waals surface area (Å²) in [7, 11) is -2.69. The monoisotopic (exact) mass is 659 g/mol. The second-order valence-electron chi connectivity index (χ2n) is 15.0. The second kappa shape index (κ2) is 11.2. The third kappa shape index (κ3) is 4.91. The average molecular weight is 660 g/mol. The highest BCUT2D eigenvalue weighted by Gasteiger charge is 2.63. The lowest BCUT2D eigenvalue weighted by Crippen LogP contribution is -2.56. The molecule has 4 aliphatic carbocycles. The molecule has 1 amide bonds. The number of fused-ring (bicyclic) bond motifs is 7. The fourth-order valence-corrected chi connectivity index (χ4v) is 11.4. The maximum atomic E-state index is 12.5. The number of H-pyrrole nitrogens is 1. The first-order chi connectivity index (χ1) is 22.3. The van der Waals surface area contributed by atoms with Crippen molar-refractivity contribution in [3.05, 3.63) is 77.4 Å². The summed E-state index contributed by atoms with van der Waals surface area (Å²) in [4.78, 5) is 16.3. The summed E-state index contributed by atoms with van der Waals surface area (Å²) in [5.74, 6) is 2.31. The van der Waals surface area contributed by atoms with Crippen LogP contribution in [0.15, 0.2) is 65.5 Å². The normalized spacial score (nSPS) is 34.9. The molecule has 3 heterocycles. The summed E-state index contributed by atoms with van der Waals surface area (Å²) in [5.41, 5.74) is 2.75. The van der Waals surface area contributed by atoms with Gasteiger partial charge >= 0.3 is 0 Å². The molecule has 4 N–H and O–H groups in total. The van der Waals surface area contributed by atoms with Crippen LogP contribution in [0.5, 0.6) is 0 Å². The van der Waals surface area contributed by atoms with E-state index in [-0.39, 0.29) is 27.4 Å². The highest BCUT2D eigenvalue weighted by molar-refractivity contribution is 7.89. The van der Waals surface area contributed by atoms with Crippen LogP contribution in [0.3, 0.4) is 0 Å². The molecule has 250 valence electrons. The fraction of sp³-hybridized carbons (Fsp3) is 0.528.